The smallest absolute Gasteiger partial charge is 0.137 e. The second-order valence-electron chi connectivity index (χ2n) is 3.42. The molecule has 0 amide bonds. The van der Waals surface area contributed by atoms with Gasteiger partial charge in [0.1, 0.15) is 17.3 Å². The Bertz CT molecular complexity index is 339. The van der Waals surface area contributed by atoms with E-state index in [1.165, 1.54) is 6.33 Å². The fourth-order valence-corrected chi connectivity index (χ4v) is 2.00. The van der Waals surface area contributed by atoms with Gasteiger partial charge in [0.2, 0.25) is 0 Å². The Morgan fingerprint density at radius 2 is 2.13 bits per heavy atom. The minimum Gasteiger partial charge on any atom is -0.378 e. The maximum absolute atomic E-state index is 6.04. The van der Waals surface area contributed by atoms with Gasteiger partial charge in [0.15, 0.2) is 0 Å². The van der Waals surface area contributed by atoms with Gasteiger partial charge < -0.3 is 9.64 Å². The Morgan fingerprint density at radius 3 is 2.80 bits per heavy atom. The highest BCUT2D eigenvalue weighted by Crippen LogP contribution is 2.24. The monoisotopic (exact) mass is 227 g/mol. The fraction of sp³-hybridized carbons (Fsp3) is 0.600. The van der Waals surface area contributed by atoms with Crippen molar-refractivity contribution in [3.8, 4) is 0 Å². The Balaban J connectivity index is 2.29. The third-order valence-electron chi connectivity index (χ3n) is 2.53. The molecule has 0 bridgehead atoms. The van der Waals surface area contributed by atoms with Crippen LogP contribution in [0.3, 0.4) is 0 Å². The molecule has 15 heavy (non-hydrogen) atoms. The Kier molecular flexibility index (Phi) is 3.38. The van der Waals surface area contributed by atoms with Crippen LogP contribution in [-0.4, -0.2) is 36.3 Å². The Labute approximate surface area is 94.2 Å². The van der Waals surface area contributed by atoms with Crippen LogP contribution in [0.5, 0.6) is 0 Å². The van der Waals surface area contributed by atoms with Crippen LogP contribution in [0.4, 0.5) is 5.82 Å². The number of anilines is 1. The van der Waals surface area contributed by atoms with E-state index < -0.39 is 0 Å². The lowest BCUT2D eigenvalue weighted by Crippen LogP contribution is -2.37. The first-order valence-electron chi connectivity index (χ1n) is 5.15. The first-order chi connectivity index (χ1) is 7.33. The van der Waals surface area contributed by atoms with Gasteiger partial charge in [0.05, 0.1) is 13.2 Å². The number of morpholine rings is 1. The van der Waals surface area contributed by atoms with Crippen LogP contribution in [-0.2, 0) is 11.2 Å². The minimum absolute atomic E-state index is 0.564. The zero-order valence-electron chi connectivity index (χ0n) is 8.74. The molecular formula is C10H14ClN3O. The van der Waals surface area contributed by atoms with Gasteiger partial charge in [-0.25, -0.2) is 9.97 Å². The summed E-state index contributed by atoms with van der Waals surface area (Å²) in [6.07, 6.45) is 2.37. The van der Waals surface area contributed by atoms with Gasteiger partial charge in [-0.3, -0.25) is 0 Å². The number of halogens is 1. The summed E-state index contributed by atoms with van der Waals surface area (Å²) in [6, 6.07) is 0. The van der Waals surface area contributed by atoms with E-state index >= 15 is 0 Å². The van der Waals surface area contributed by atoms with Crippen molar-refractivity contribution in [2.75, 3.05) is 31.2 Å². The second-order valence-corrected chi connectivity index (χ2v) is 3.78. The van der Waals surface area contributed by atoms with Crippen LogP contribution in [0.1, 0.15) is 12.5 Å². The third kappa shape index (κ3) is 2.21. The van der Waals surface area contributed by atoms with Gasteiger partial charge in [0, 0.05) is 18.7 Å². The summed E-state index contributed by atoms with van der Waals surface area (Å²) in [7, 11) is 0. The van der Waals surface area contributed by atoms with Gasteiger partial charge in [-0.05, 0) is 6.42 Å². The fourth-order valence-electron chi connectivity index (χ4n) is 1.73. The zero-order chi connectivity index (χ0) is 10.7. The molecule has 0 aliphatic carbocycles. The lowest BCUT2D eigenvalue weighted by molar-refractivity contribution is 0.122. The normalized spacial score (nSPS) is 16.8. The highest BCUT2D eigenvalue weighted by atomic mass is 35.5. The molecule has 0 spiro atoms. The molecule has 0 unspecified atom stereocenters. The van der Waals surface area contributed by atoms with Gasteiger partial charge in [-0.2, -0.15) is 0 Å². The Morgan fingerprint density at radius 1 is 1.40 bits per heavy atom. The summed E-state index contributed by atoms with van der Waals surface area (Å²) < 4.78 is 5.31. The molecule has 2 rings (SSSR count). The summed E-state index contributed by atoms with van der Waals surface area (Å²) in [5, 5.41) is 0.564. The summed E-state index contributed by atoms with van der Waals surface area (Å²) in [6.45, 7) is 5.32. The molecular weight excluding hydrogens is 214 g/mol. The molecule has 2 heterocycles. The minimum atomic E-state index is 0.564. The first-order valence-corrected chi connectivity index (χ1v) is 5.52. The van der Waals surface area contributed by atoms with Crippen LogP contribution in [0.2, 0.25) is 5.15 Å². The topological polar surface area (TPSA) is 38.2 Å². The SMILES string of the molecule is CCc1c(Cl)ncnc1N1CCOCC1. The molecule has 1 aromatic heterocycles. The molecule has 0 N–H and O–H groups in total. The predicted octanol–water partition coefficient (Wildman–Crippen LogP) is 1.53. The molecule has 1 aliphatic rings. The van der Waals surface area contributed by atoms with Crippen molar-refractivity contribution in [2.45, 2.75) is 13.3 Å². The van der Waals surface area contributed by atoms with E-state index in [-0.39, 0.29) is 0 Å². The molecule has 5 heteroatoms. The zero-order valence-corrected chi connectivity index (χ0v) is 9.50. The number of hydrogen-bond acceptors (Lipinski definition) is 4. The lowest BCUT2D eigenvalue weighted by Gasteiger charge is -2.29. The van der Waals surface area contributed by atoms with E-state index in [1.807, 2.05) is 0 Å². The summed E-state index contributed by atoms with van der Waals surface area (Å²) in [4.78, 5) is 10.5. The van der Waals surface area contributed by atoms with Crippen molar-refractivity contribution in [3.63, 3.8) is 0 Å². The van der Waals surface area contributed by atoms with Crippen LogP contribution in [0, 0.1) is 0 Å². The quantitative estimate of drug-likeness (QED) is 0.719. The third-order valence-corrected chi connectivity index (χ3v) is 2.86. The molecule has 82 valence electrons. The van der Waals surface area contributed by atoms with Crippen LogP contribution in [0.15, 0.2) is 6.33 Å². The van der Waals surface area contributed by atoms with Gasteiger partial charge in [-0.1, -0.05) is 18.5 Å². The molecule has 0 atom stereocenters. The van der Waals surface area contributed by atoms with Crippen molar-refractivity contribution in [1.29, 1.82) is 0 Å². The van der Waals surface area contributed by atoms with Crippen molar-refractivity contribution in [3.05, 3.63) is 17.0 Å². The predicted molar refractivity (Wildman–Crippen MR) is 59.5 cm³/mol. The number of ether oxygens (including phenoxy) is 1. The number of hydrogen-bond donors (Lipinski definition) is 0. The van der Waals surface area contributed by atoms with Crippen LogP contribution < -0.4 is 4.90 Å². The number of aromatic nitrogens is 2. The second kappa shape index (κ2) is 4.77. The van der Waals surface area contributed by atoms with Gasteiger partial charge >= 0.3 is 0 Å². The summed E-state index contributed by atoms with van der Waals surface area (Å²) in [5.41, 5.74) is 1.03. The highest BCUT2D eigenvalue weighted by molar-refractivity contribution is 6.30. The van der Waals surface area contributed by atoms with Crippen molar-refractivity contribution in [2.24, 2.45) is 0 Å². The largest absolute Gasteiger partial charge is 0.378 e. The maximum atomic E-state index is 6.04. The van der Waals surface area contributed by atoms with Crippen LogP contribution in [0.25, 0.3) is 0 Å². The van der Waals surface area contributed by atoms with E-state index in [9.17, 15) is 0 Å². The number of nitrogens with zero attached hydrogens (tertiary/aromatic N) is 3. The Hall–Kier alpha value is -0.870. The molecule has 1 aromatic rings. The molecule has 1 aliphatic heterocycles. The van der Waals surface area contributed by atoms with Crippen molar-refractivity contribution >= 4 is 17.4 Å². The maximum Gasteiger partial charge on any atom is 0.137 e. The van der Waals surface area contributed by atoms with Gasteiger partial charge in [-0.15, -0.1) is 0 Å². The molecule has 1 fully saturated rings. The van der Waals surface area contributed by atoms with E-state index in [0.717, 1.165) is 44.1 Å². The van der Waals surface area contributed by atoms with Crippen molar-refractivity contribution < 1.29 is 4.74 Å². The summed E-state index contributed by atoms with van der Waals surface area (Å²) in [5.74, 6) is 0.959. The van der Waals surface area contributed by atoms with E-state index in [2.05, 4.69) is 21.8 Å². The molecule has 0 radical (unpaired) electrons. The lowest BCUT2D eigenvalue weighted by atomic mass is 10.2. The molecule has 0 saturated carbocycles. The van der Waals surface area contributed by atoms with Crippen molar-refractivity contribution in [1.82, 2.24) is 9.97 Å². The van der Waals surface area contributed by atoms with Gasteiger partial charge in [0.25, 0.3) is 0 Å². The average molecular weight is 228 g/mol. The van der Waals surface area contributed by atoms with E-state index in [0.29, 0.717) is 5.15 Å². The first kappa shape index (κ1) is 10.6. The highest BCUT2D eigenvalue weighted by Gasteiger charge is 2.17. The number of rotatable bonds is 2. The molecule has 1 saturated heterocycles. The molecule has 0 aromatic carbocycles. The molecule has 4 nitrogen and oxygen atoms in total. The average Bonchev–Trinajstić information content (AvgIpc) is 2.30. The van der Waals surface area contributed by atoms with E-state index in [4.69, 9.17) is 16.3 Å². The van der Waals surface area contributed by atoms with E-state index in [1.54, 1.807) is 0 Å². The standard InChI is InChI=1S/C10H14ClN3O/c1-2-8-9(11)12-7-13-10(8)14-3-5-15-6-4-14/h7H,2-6H2,1H3. The summed E-state index contributed by atoms with van der Waals surface area (Å²) >= 11 is 6.04. The van der Waals surface area contributed by atoms with Crippen LogP contribution >= 0.6 is 11.6 Å².